The van der Waals surface area contributed by atoms with Crippen LogP contribution in [0.2, 0.25) is 0 Å². The van der Waals surface area contributed by atoms with Crippen LogP contribution in [0.3, 0.4) is 0 Å². The topological polar surface area (TPSA) is 6.48 Å². The van der Waals surface area contributed by atoms with Crippen LogP contribution >= 0.6 is 0 Å². The first-order valence-electron chi connectivity index (χ1n) is 20.9. The van der Waals surface area contributed by atoms with Gasteiger partial charge in [0.1, 0.15) is 0 Å². The lowest BCUT2D eigenvalue weighted by Gasteiger charge is -2.34. The van der Waals surface area contributed by atoms with E-state index in [1.54, 1.807) is 0 Å². The van der Waals surface area contributed by atoms with Gasteiger partial charge in [-0.25, -0.2) is 0 Å². The van der Waals surface area contributed by atoms with E-state index in [9.17, 15) is 0 Å². The largest absolute Gasteiger partial charge is 0.310 e. The van der Waals surface area contributed by atoms with E-state index in [0.29, 0.717) is 0 Å². The third-order valence-electron chi connectivity index (χ3n) is 12.9. The van der Waals surface area contributed by atoms with E-state index in [1.165, 1.54) is 55.6 Å². The molecule has 0 bridgehead atoms. The van der Waals surface area contributed by atoms with Gasteiger partial charge >= 0.3 is 0 Å². The fraction of sp³-hybridized carbons (Fsp3) is 0.0690. The van der Waals surface area contributed by atoms with Gasteiger partial charge in [0.25, 0.3) is 0 Å². The quantitative estimate of drug-likeness (QED) is 0.152. The third-order valence-corrected chi connectivity index (χ3v) is 12.9. The molecule has 2 aliphatic rings. The smallest absolute Gasteiger partial charge is 0.0714 e. The molecule has 0 unspecified atom stereocenters. The zero-order chi connectivity index (χ0) is 40.3. The second kappa shape index (κ2) is 14.1. The molecule has 9 aromatic carbocycles. The van der Waals surface area contributed by atoms with E-state index in [2.05, 4.69) is 254 Å². The molecule has 0 saturated carbocycles. The molecule has 0 fully saturated rings. The molecule has 60 heavy (non-hydrogen) atoms. The standard InChI is InChI=1S/C58H44N2/c1-57(2)51-33-17-15-31-48(51)49-38-37-47(40-54(49)57)59(43-25-11-5-12-26-43)45-29-19-30-46(39-45)60(44-27-13-6-14-28-44)55-36-20-35-53-56(55)50-32-16-18-34-52(50)58(53,41-21-7-3-8-22-41)42-23-9-4-10-24-42/h3-40H,1-2H3. The molecule has 0 heterocycles. The Morgan fingerprint density at radius 3 is 1.40 bits per heavy atom. The third kappa shape index (κ3) is 5.41. The van der Waals surface area contributed by atoms with Crippen LogP contribution in [0.4, 0.5) is 34.1 Å². The fourth-order valence-electron chi connectivity index (χ4n) is 10.3. The summed E-state index contributed by atoms with van der Waals surface area (Å²) >= 11 is 0. The van der Waals surface area contributed by atoms with E-state index in [-0.39, 0.29) is 5.41 Å². The van der Waals surface area contributed by atoms with Gasteiger partial charge in [0.05, 0.1) is 11.1 Å². The summed E-state index contributed by atoms with van der Waals surface area (Å²) in [5, 5.41) is 0. The first-order valence-corrected chi connectivity index (χ1v) is 20.9. The highest BCUT2D eigenvalue weighted by molar-refractivity contribution is 5.98. The minimum absolute atomic E-state index is 0.116. The van der Waals surface area contributed by atoms with Gasteiger partial charge in [-0.2, -0.15) is 0 Å². The van der Waals surface area contributed by atoms with Crippen LogP contribution in [0.5, 0.6) is 0 Å². The van der Waals surface area contributed by atoms with E-state index in [1.807, 2.05) is 0 Å². The number of nitrogens with zero attached hydrogens (tertiary/aromatic N) is 2. The van der Waals surface area contributed by atoms with Gasteiger partial charge in [-0.15, -0.1) is 0 Å². The van der Waals surface area contributed by atoms with Crippen molar-refractivity contribution in [2.24, 2.45) is 0 Å². The molecular weight excluding hydrogens is 725 g/mol. The van der Waals surface area contributed by atoms with E-state index in [4.69, 9.17) is 0 Å². The van der Waals surface area contributed by atoms with Crippen molar-refractivity contribution in [3.8, 4) is 22.3 Å². The Hall–Kier alpha value is -7.42. The molecule has 286 valence electrons. The van der Waals surface area contributed by atoms with Crippen LogP contribution < -0.4 is 9.80 Å². The van der Waals surface area contributed by atoms with Crippen molar-refractivity contribution in [1.82, 2.24) is 0 Å². The highest BCUT2D eigenvalue weighted by Crippen LogP contribution is 2.59. The maximum Gasteiger partial charge on any atom is 0.0714 e. The van der Waals surface area contributed by atoms with Crippen molar-refractivity contribution in [2.45, 2.75) is 24.7 Å². The lowest BCUT2D eigenvalue weighted by atomic mass is 9.68. The highest BCUT2D eigenvalue weighted by Gasteiger charge is 2.47. The molecule has 11 rings (SSSR count). The second-order valence-electron chi connectivity index (χ2n) is 16.5. The van der Waals surface area contributed by atoms with Crippen LogP contribution in [0.25, 0.3) is 22.3 Å². The van der Waals surface area contributed by atoms with Crippen LogP contribution in [-0.2, 0) is 10.8 Å². The van der Waals surface area contributed by atoms with Crippen molar-refractivity contribution in [1.29, 1.82) is 0 Å². The zero-order valence-electron chi connectivity index (χ0n) is 33.8. The van der Waals surface area contributed by atoms with E-state index < -0.39 is 5.41 Å². The summed E-state index contributed by atoms with van der Waals surface area (Å²) in [5.41, 5.74) is 19.0. The summed E-state index contributed by atoms with van der Waals surface area (Å²) in [7, 11) is 0. The molecule has 0 atom stereocenters. The van der Waals surface area contributed by atoms with Crippen molar-refractivity contribution in [3.63, 3.8) is 0 Å². The molecule has 0 aromatic heterocycles. The minimum atomic E-state index is -0.500. The molecule has 2 nitrogen and oxygen atoms in total. The zero-order valence-corrected chi connectivity index (χ0v) is 33.8. The number of fused-ring (bicyclic) bond motifs is 6. The van der Waals surface area contributed by atoms with Crippen molar-refractivity contribution in [2.75, 3.05) is 9.80 Å². The summed E-state index contributed by atoms with van der Waals surface area (Å²) in [6.45, 7) is 4.71. The number of para-hydroxylation sites is 2. The van der Waals surface area contributed by atoms with Gasteiger partial charge in [0.2, 0.25) is 0 Å². The Labute approximate surface area is 353 Å². The lowest BCUT2D eigenvalue weighted by Crippen LogP contribution is -2.28. The minimum Gasteiger partial charge on any atom is -0.310 e. The van der Waals surface area contributed by atoms with Crippen LogP contribution in [0.15, 0.2) is 231 Å². The molecule has 0 N–H and O–H groups in total. The monoisotopic (exact) mass is 768 g/mol. The maximum atomic E-state index is 2.46. The van der Waals surface area contributed by atoms with Gasteiger partial charge in [-0.05, 0) is 111 Å². The van der Waals surface area contributed by atoms with Crippen molar-refractivity contribution in [3.05, 3.63) is 264 Å². The van der Waals surface area contributed by atoms with Gasteiger partial charge < -0.3 is 9.80 Å². The predicted molar refractivity (Wildman–Crippen MR) is 251 cm³/mol. The summed E-state index contributed by atoms with van der Waals surface area (Å²) in [5.74, 6) is 0. The first-order chi connectivity index (χ1) is 29.5. The summed E-state index contributed by atoms with van der Waals surface area (Å²) in [6.07, 6.45) is 0. The van der Waals surface area contributed by atoms with Gasteiger partial charge in [0, 0.05) is 39.4 Å². The Morgan fingerprint density at radius 1 is 0.300 bits per heavy atom. The molecule has 0 amide bonds. The summed E-state index contributed by atoms with van der Waals surface area (Å²) in [4.78, 5) is 4.86. The molecule has 2 heteroatoms. The van der Waals surface area contributed by atoms with Crippen LogP contribution in [0, 0.1) is 0 Å². The number of hydrogen-bond donors (Lipinski definition) is 0. The average molecular weight is 769 g/mol. The van der Waals surface area contributed by atoms with E-state index >= 15 is 0 Å². The van der Waals surface area contributed by atoms with Crippen molar-refractivity contribution >= 4 is 34.1 Å². The highest BCUT2D eigenvalue weighted by atomic mass is 15.2. The normalized spacial score (nSPS) is 13.8. The fourth-order valence-corrected chi connectivity index (χ4v) is 10.3. The summed E-state index contributed by atoms with van der Waals surface area (Å²) < 4.78 is 0. The maximum absolute atomic E-state index is 2.46. The average Bonchev–Trinajstić information content (AvgIpc) is 3.74. The van der Waals surface area contributed by atoms with Crippen LogP contribution in [0.1, 0.15) is 47.2 Å². The Morgan fingerprint density at radius 2 is 0.750 bits per heavy atom. The van der Waals surface area contributed by atoms with Gasteiger partial charge in [-0.3, -0.25) is 0 Å². The van der Waals surface area contributed by atoms with Gasteiger partial charge in [-0.1, -0.05) is 184 Å². The number of hydrogen-bond acceptors (Lipinski definition) is 2. The molecule has 0 spiro atoms. The first kappa shape index (κ1) is 35.7. The number of rotatable bonds is 8. The Bertz CT molecular complexity index is 2970. The van der Waals surface area contributed by atoms with Crippen LogP contribution in [-0.4, -0.2) is 0 Å². The molecule has 0 radical (unpaired) electrons. The second-order valence-corrected chi connectivity index (χ2v) is 16.5. The number of anilines is 6. The predicted octanol–water partition coefficient (Wildman–Crippen LogP) is 15.3. The molecule has 9 aromatic rings. The molecule has 0 saturated heterocycles. The summed E-state index contributed by atoms with van der Waals surface area (Å²) in [6, 6.07) is 84.6. The molecule has 0 aliphatic heterocycles. The molecular formula is C58H44N2. The lowest BCUT2D eigenvalue weighted by molar-refractivity contribution is 0.660. The van der Waals surface area contributed by atoms with Crippen molar-refractivity contribution < 1.29 is 0 Å². The SMILES string of the molecule is CC1(C)c2ccccc2-c2ccc(N(c3ccccc3)c3cccc(N(c4ccccc4)c4cccc5c4-c4ccccc4C5(c4ccccc4)c4ccccc4)c3)cc21. The molecule has 2 aliphatic carbocycles. The number of benzene rings is 9. The van der Waals surface area contributed by atoms with E-state index in [0.717, 1.165) is 34.1 Å². The van der Waals surface area contributed by atoms with Gasteiger partial charge in [0.15, 0.2) is 0 Å². The Balaban J connectivity index is 1.13. The Kier molecular flexibility index (Phi) is 8.42.